The summed E-state index contributed by atoms with van der Waals surface area (Å²) >= 11 is 8.61. The first-order chi connectivity index (χ1) is 17.9. The maximum absolute atomic E-state index is 12.8. The minimum Gasteiger partial charge on any atom is -0.342 e. The fraction of sp³-hybridized carbons (Fsp3) is 0.269. The highest BCUT2D eigenvalue weighted by atomic mass is 35.5. The van der Waals surface area contributed by atoms with Gasteiger partial charge in [0, 0.05) is 28.1 Å². The van der Waals surface area contributed by atoms with Gasteiger partial charge in [0.05, 0.1) is 17.5 Å². The molecule has 0 unspecified atom stereocenters. The van der Waals surface area contributed by atoms with Crippen molar-refractivity contribution in [1.82, 2.24) is 25.1 Å². The van der Waals surface area contributed by atoms with Crippen molar-refractivity contribution >= 4 is 51.6 Å². The number of carbonyl (C=O) groups is 2. The fourth-order valence-corrected chi connectivity index (χ4v) is 5.32. The molecule has 37 heavy (non-hydrogen) atoms. The maximum Gasteiger partial charge on any atom is 0.251 e. The van der Waals surface area contributed by atoms with Crippen molar-refractivity contribution in [3.8, 4) is 11.3 Å². The minimum atomic E-state index is -0.329. The van der Waals surface area contributed by atoms with Crippen LogP contribution in [0.25, 0.3) is 11.3 Å². The largest absolute Gasteiger partial charge is 0.342 e. The number of anilines is 1. The molecule has 0 aliphatic rings. The molecule has 4 rings (SSSR count). The Hall–Kier alpha value is -3.21. The second kappa shape index (κ2) is 12.4. The Labute approximate surface area is 228 Å². The Bertz CT molecular complexity index is 1360. The lowest BCUT2D eigenvalue weighted by atomic mass is 10.0. The number of rotatable bonds is 10. The van der Waals surface area contributed by atoms with Crippen LogP contribution >= 0.6 is 34.7 Å². The van der Waals surface area contributed by atoms with E-state index >= 15 is 0 Å². The van der Waals surface area contributed by atoms with Crippen LogP contribution in [-0.4, -0.2) is 37.3 Å². The highest BCUT2D eigenvalue weighted by Gasteiger charge is 2.26. The molecule has 2 aromatic carbocycles. The first kappa shape index (κ1) is 26.8. The van der Waals surface area contributed by atoms with E-state index in [0.717, 1.165) is 11.3 Å². The van der Waals surface area contributed by atoms with Crippen LogP contribution in [0.15, 0.2) is 65.1 Å². The molecule has 0 fully saturated rings. The number of hydrogen-bond acceptors (Lipinski definition) is 7. The maximum atomic E-state index is 12.8. The van der Waals surface area contributed by atoms with Crippen molar-refractivity contribution in [2.45, 2.75) is 38.5 Å². The minimum absolute atomic E-state index is 0.0862. The molecule has 1 atom stereocenters. The Kier molecular flexibility index (Phi) is 8.96. The fourth-order valence-electron chi connectivity index (χ4n) is 3.65. The molecule has 0 bridgehead atoms. The van der Waals surface area contributed by atoms with Gasteiger partial charge in [-0.25, -0.2) is 4.98 Å². The average Bonchev–Trinajstić information content (AvgIpc) is 3.53. The quantitative estimate of drug-likeness (QED) is 0.235. The van der Waals surface area contributed by atoms with E-state index in [0.29, 0.717) is 33.2 Å². The zero-order chi connectivity index (χ0) is 26.4. The van der Waals surface area contributed by atoms with Crippen molar-refractivity contribution in [2.24, 2.45) is 5.92 Å². The van der Waals surface area contributed by atoms with Gasteiger partial charge in [-0.1, -0.05) is 67.5 Å². The van der Waals surface area contributed by atoms with E-state index in [9.17, 15) is 9.59 Å². The molecule has 2 N–H and O–H groups in total. The summed E-state index contributed by atoms with van der Waals surface area (Å²) in [6.45, 7) is 6.64. The lowest BCUT2D eigenvalue weighted by Gasteiger charge is -2.22. The SMILES string of the molecule is CCn1c(SCC(=O)Nc2nc(-c3ccc(Cl)cc3)cs2)nnc1[C@@H](NC(=O)c1ccccc1)C(C)C. The van der Waals surface area contributed by atoms with Crippen molar-refractivity contribution in [3.63, 3.8) is 0 Å². The molecule has 0 spiro atoms. The average molecular weight is 555 g/mol. The highest BCUT2D eigenvalue weighted by Crippen LogP contribution is 2.28. The molecule has 4 aromatic rings. The lowest BCUT2D eigenvalue weighted by molar-refractivity contribution is -0.113. The van der Waals surface area contributed by atoms with Crippen LogP contribution in [0.3, 0.4) is 0 Å². The number of nitrogens with one attached hydrogen (secondary N) is 2. The predicted molar refractivity (Wildman–Crippen MR) is 149 cm³/mol. The molecule has 192 valence electrons. The number of halogens is 1. The molecule has 0 aliphatic carbocycles. The van der Waals surface area contributed by atoms with E-state index in [1.165, 1.54) is 23.1 Å². The molecule has 2 heterocycles. The third kappa shape index (κ3) is 6.76. The summed E-state index contributed by atoms with van der Waals surface area (Å²) in [4.78, 5) is 29.9. The standard InChI is InChI=1S/C26H27ClN6O2S2/c1-4-33-23(22(16(2)3)30-24(35)18-8-6-5-7-9-18)31-32-26(33)37-15-21(34)29-25-28-20(14-36-25)17-10-12-19(27)13-11-17/h5-14,16,22H,4,15H2,1-3H3,(H,30,35)(H,28,29,34)/t22-/m0/s1. The summed E-state index contributed by atoms with van der Waals surface area (Å²) in [6.07, 6.45) is 0. The summed E-state index contributed by atoms with van der Waals surface area (Å²) in [7, 11) is 0. The smallest absolute Gasteiger partial charge is 0.251 e. The first-order valence-electron chi connectivity index (χ1n) is 11.8. The number of thioether (sulfide) groups is 1. The normalized spacial score (nSPS) is 11.9. The van der Waals surface area contributed by atoms with Crippen LogP contribution in [0.2, 0.25) is 5.02 Å². The number of carbonyl (C=O) groups excluding carboxylic acids is 2. The van der Waals surface area contributed by atoms with E-state index in [4.69, 9.17) is 11.6 Å². The summed E-state index contributed by atoms with van der Waals surface area (Å²) in [6, 6.07) is 16.1. The van der Waals surface area contributed by atoms with Gasteiger partial charge in [-0.15, -0.1) is 21.5 Å². The molecule has 0 saturated carbocycles. The zero-order valence-corrected chi connectivity index (χ0v) is 23.0. The Balaban J connectivity index is 1.40. The van der Waals surface area contributed by atoms with Crippen LogP contribution in [0.1, 0.15) is 43.0 Å². The number of benzene rings is 2. The van der Waals surface area contributed by atoms with E-state index < -0.39 is 0 Å². The molecule has 0 radical (unpaired) electrons. The Morgan fingerprint density at radius 1 is 1.08 bits per heavy atom. The Morgan fingerprint density at radius 3 is 2.49 bits per heavy atom. The number of nitrogens with zero attached hydrogens (tertiary/aromatic N) is 4. The summed E-state index contributed by atoms with van der Waals surface area (Å²) < 4.78 is 1.94. The van der Waals surface area contributed by atoms with Gasteiger partial charge in [-0.05, 0) is 37.1 Å². The van der Waals surface area contributed by atoms with E-state index in [1.54, 1.807) is 24.3 Å². The monoisotopic (exact) mass is 554 g/mol. The van der Waals surface area contributed by atoms with Gasteiger partial charge >= 0.3 is 0 Å². The second-order valence-corrected chi connectivity index (χ2v) is 10.8. The lowest BCUT2D eigenvalue weighted by Crippen LogP contribution is -2.33. The molecule has 0 saturated heterocycles. The van der Waals surface area contributed by atoms with Crippen LogP contribution in [-0.2, 0) is 11.3 Å². The predicted octanol–water partition coefficient (Wildman–Crippen LogP) is 5.93. The van der Waals surface area contributed by atoms with Crippen LogP contribution < -0.4 is 10.6 Å². The number of thiazole rings is 1. The van der Waals surface area contributed by atoms with Crippen molar-refractivity contribution in [1.29, 1.82) is 0 Å². The first-order valence-corrected chi connectivity index (χ1v) is 14.0. The Morgan fingerprint density at radius 2 is 1.81 bits per heavy atom. The summed E-state index contributed by atoms with van der Waals surface area (Å²) in [5.74, 6) is 0.545. The van der Waals surface area contributed by atoms with Gasteiger partial charge in [-0.2, -0.15) is 0 Å². The van der Waals surface area contributed by atoms with Crippen molar-refractivity contribution < 1.29 is 9.59 Å². The van der Waals surface area contributed by atoms with E-state index in [1.807, 2.05) is 61.1 Å². The number of aromatic nitrogens is 4. The van der Waals surface area contributed by atoms with E-state index in [2.05, 4.69) is 25.8 Å². The molecule has 2 amide bonds. The van der Waals surface area contributed by atoms with Gasteiger partial charge in [0.15, 0.2) is 16.1 Å². The van der Waals surface area contributed by atoms with Gasteiger partial charge < -0.3 is 15.2 Å². The van der Waals surface area contributed by atoms with Crippen LogP contribution in [0, 0.1) is 5.92 Å². The third-order valence-corrected chi connectivity index (χ3v) is 7.53. The topological polar surface area (TPSA) is 102 Å². The highest BCUT2D eigenvalue weighted by molar-refractivity contribution is 7.99. The number of hydrogen-bond donors (Lipinski definition) is 2. The zero-order valence-electron chi connectivity index (χ0n) is 20.6. The van der Waals surface area contributed by atoms with Crippen LogP contribution in [0.5, 0.6) is 0 Å². The summed E-state index contributed by atoms with van der Waals surface area (Å²) in [5.41, 5.74) is 2.29. The molecule has 2 aromatic heterocycles. The molecular weight excluding hydrogens is 528 g/mol. The third-order valence-electron chi connectivity index (χ3n) is 5.55. The summed E-state index contributed by atoms with van der Waals surface area (Å²) in [5, 5.41) is 18.3. The molecular formula is C26H27ClN6O2S2. The molecule has 8 nitrogen and oxygen atoms in total. The van der Waals surface area contributed by atoms with Gasteiger partial charge in [0.1, 0.15) is 0 Å². The van der Waals surface area contributed by atoms with Gasteiger partial charge in [-0.3, -0.25) is 9.59 Å². The van der Waals surface area contributed by atoms with Crippen molar-refractivity contribution in [3.05, 3.63) is 76.4 Å². The van der Waals surface area contributed by atoms with Crippen LogP contribution in [0.4, 0.5) is 5.13 Å². The number of amides is 2. The second-order valence-electron chi connectivity index (χ2n) is 8.53. The van der Waals surface area contributed by atoms with Crippen molar-refractivity contribution in [2.75, 3.05) is 11.1 Å². The molecule has 0 aliphatic heterocycles. The van der Waals surface area contributed by atoms with Gasteiger partial charge in [0.25, 0.3) is 5.91 Å². The molecule has 11 heteroatoms. The van der Waals surface area contributed by atoms with E-state index in [-0.39, 0.29) is 29.5 Å². The van der Waals surface area contributed by atoms with Gasteiger partial charge in [0.2, 0.25) is 5.91 Å².